The van der Waals surface area contributed by atoms with Crippen molar-refractivity contribution in [1.82, 2.24) is 4.90 Å². The maximum atomic E-state index is 9.06. The van der Waals surface area contributed by atoms with Gasteiger partial charge in [-0.05, 0) is 18.9 Å². The Morgan fingerprint density at radius 2 is 2.20 bits per heavy atom. The first-order valence-corrected chi connectivity index (χ1v) is 5.76. The van der Waals surface area contributed by atoms with Gasteiger partial charge in [-0.15, -0.1) is 0 Å². The molecule has 0 aliphatic heterocycles. The van der Waals surface area contributed by atoms with Crippen molar-refractivity contribution in [2.75, 3.05) is 13.2 Å². The van der Waals surface area contributed by atoms with Gasteiger partial charge in [0.05, 0.1) is 19.1 Å². The molecular formula is C12H19NO2. The fraction of sp³-hybridized carbons (Fsp3) is 0.667. The third-order valence-electron chi connectivity index (χ3n) is 3.19. The van der Waals surface area contributed by atoms with E-state index in [1.807, 2.05) is 6.07 Å². The second-order valence-corrected chi connectivity index (χ2v) is 4.26. The van der Waals surface area contributed by atoms with Crippen molar-refractivity contribution in [3.63, 3.8) is 0 Å². The Hall–Kier alpha value is -0.800. The van der Waals surface area contributed by atoms with Crippen LogP contribution in [0.2, 0.25) is 0 Å². The Morgan fingerprint density at radius 1 is 1.40 bits per heavy atom. The molecule has 0 saturated heterocycles. The molecule has 0 bridgehead atoms. The number of furan rings is 1. The summed E-state index contributed by atoms with van der Waals surface area (Å²) >= 11 is 0. The maximum absolute atomic E-state index is 9.06. The van der Waals surface area contributed by atoms with Gasteiger partial charge in [-0.2, -0.15) is 0 Å². The van der Waals surface area contributed by atoms with E-state index in [1.54, 1.807) is 12.5 Å². The molecule has 1 fully saturated rings. The van der Waals surface area contributed by atoms with E-state index in [1.165, 1.54) is 31.2 Å². The average molecular weight is 209 g/mol. The van der Waals surface area contributed by atoms with E-state index >= 15 is 0 Å². The number of aliphatic hydroxyl groups excluding tert-OH is 1. The summed E-state index contributed by atoms with van der Waals surface area (Å²) in [7, 11) is 0. The van der Waals surface area contributed by atoms with Gasteiger partial charge in [0, 0.05) is 24.7 Å². The molecule has 0 radical (unpaired) electrons. The van der Waals surface area contributed by atoms with Crippen LogP contribution in [0.3, 0.4) is 0 Å². The summed E-state index contributed by atoms with van der Waals surface area (Å²) in [4.78, 5) is 2.37. The molecule has 84 valence electrons. The highest BCUT2D eigenvalue weighted by Gasteiger charge is 2.22. The molecule has 3 nitrogen and oxygen atoms in total. The largest absolute Gasteiger partial charge is 0.472 e. The second kappa shape index (κ2) is 5.33. The fourth-order valence-electron chi connectivity index (χ4n) is 2.41. The lowest BCUT2D eigenvalue weighted by Crippen LogP contribution is -2.34. The van der Waals surface area contributed by atoms with Crippen molar-refractivity contribution in [2.24, 2.45) is 0 Å². The van der Waals surface area contributed by atoms with Crippen LogP contribution in [0.1, 0.15) is 31.2 Å². The fourth-order valence-corrected chi connectivity index (χ4v) is 2.41. The molecule has 1 N–H and O–H groups in total. The zero-order valence-electron chi connectivity index (χ0n) is 9.06. The van der Waals surface area contributed by atoms with Gasteiger partial charge in [-0.1, -0.05) is 12.8 Å². The molecule has 0 amide bonds. The van der Waals surface area contributed by atoms with E-state index in [0.29, 0.717) is 6.04 Å². The molecule has 0 atom stereocenters. The molecule has 1 heterocycles. The SMILES string of the molecule is OCCN(Cc1ccoc1)C1CCCC1. The summed E-state index contributed by atoms with van der Waals surface area (Å²) in [6.07, 6.45) is 8.71. The smallest absolute Gasteiger partial charge is 0.0947 e. The lowest BCUT2D eigenvalue weighted by molar-refractivity contribution is 0.144. The Balaban J connectivity index is 1.93. The summed E-state index contributed by atoms with van der Waals surface area (Å²) in [5.41, 5.74) is 1.20. The van der Waals surface area contributed by atoms with Crippen LogP contribution in [0.15, 0.2) is 23.0 Å². The number of aliphatic hydroxyl groups is 1. The summed E-state index contributed by atoms with van der Waals surface area (Å²) in [6.45, 7) is 1.92. The van der Waals surface area contributed by atoms with Gasteiger partial charge in [-0.3, -0.25) is 4.90 Å². The molecule has 1 aliphatic carbocycles. The minimum Gasteiger partial charge on any atom is -0.472 e. The minimum absolute atomic E-state index is 0.244. The predicted molar refractivity (Wildman–Crippen MR) is 58.5 cm³/mol. The minimum atomic E-state index is 0.244. The lowest BCUT2D eigenvalue weighted by atomic mass is 10.2. The van der Waals surface area contributed by atoms with Gasteiger partial charge in [0.25, 0.3) is 0 Å². The maximum Gasteiger partial charge on any atom is 0.0947 e. The van der Waals surface area contributed by atoms with Gasteiger partial charge < -0.3 is 9.52 Å². The molecule has 1 aromatic heterocycles. The Morgan fingerprint density at radius 3 is 2.80 bits per heavy atom. The standard InChI is InChI=1S/C12H19NO2/c14-7-6-13(12-3-1-2-4-12)9-11-5-8-15-10-11/h5,8,10,12,14H,1-4,6-7,9H2. The van der Waals surface area contributed by atoms with Gasteiger partial charge in [-0.25, -0.2) is 0 Å². The van der Waals surface area contributed by atoms with E-state index < -0.39 is 0 Å². The quantitative estimate of drug-likeness (QED) is 0.806. The van der Waals surface area contributed by atoms with Gasteiger partial charge in [0.15, 0.2) is 0 Å². The summed E-state index contributed by atoms with van der Waals surface area (Å²) in [5, 5.41) is 9.06. The van der Waals surface area contributed by atoms with Crippen molar-refractivity contribution in [2.45, 2.75) is 38.3 Å². The molecule has 2 rings (SSSR count). The first-order valence-electron chi connectivity index (χ1n) is 5.76. The van der Waals surface area contributed by atoms with E-state index in [4.69, 9.17) is 9.52 Å². The van der Waals surface area contributed by atoms with Crippen LogP contribution in [0, 0.1) is 0 Å². The topological polar surface area (TPSA) is 36.6 Å². The van der Waals surface area contributed by atoms with Crippen LogP contribution >= 0.6 is 0 Å². The lowest BCUT2D eigenvalue weighted by Gasteiger charge is -2.27. The van der Waals surface area contributed by atoms with Crippen molar-refractivity contribution in [1.29, 1.82) is 0 Å². The highest BCUT2D eigenvalue weighted by atomic mass is 16.3. The molecule has 0 aromatic carbocycles. The third kappa shape index (κ3) is 2.83. The Labute approximate surface area is 90.7 Å². The van der Waals surface area contributed by atoms with Crippen molar-refractivity contribution >= 4 is 0 Å². The van der Waals surface area contributed by atoms with E-state index in [-0.39, 0.29) is 6.61 Å². The highest BCUT2D eigenvalue weighted by Crippen LogP contribution is 2.24. The molecule has 1 saturated carbocycles. The Kier molecular flexibility index (Phi) is 3.80. The predicted octanol–water partition coefficient (Wildman–Crippen LogP) is 2.02. The van der Waals surface area contributed by atoms with Gasteiger partial charge >= 0.3 is 0 Å². The third-order valence-corrected chi connectivity index (χ3v) is 3.19. The summed E-state index contributed by atoms with van der Waals surface area (Å²) < 4.78 is 5.07. The molecule has 0 unspecified atom stereocenters. The number of rotatable bonds is 5. The average Bonchev–Trinajstić information content (AvgIpc) is 2.89. The normalized spacial score (nSPS) is 17.7. The van der Waals surface area contributed by atoms with Crippen LogP contribution < -0.4 is 0 Å². The van der Waals surface area contributed by atoms with Crippen molar-refractivity contribution in [3.8, 4) is 0 Å². The monoisotopic (exact) mass is 209 g/mol. The van der Waals surface area contributed by atoms with Crippen molar-refractivity contribution in [3.05, 3.63) is 24.2 Å². The number of hydrogen-bond donors (Lipinski definition) is 1. The van der Waals surface area contributed by atoms with E-state index in [2.05, 4.69) is 4.90 Å². The molecule has 0 spiro atoms. The first-order chi connectivity index (χ1) is 7.40. The van der Waals surface area contributed by atoms with Crippen LogP contribution in [0.4, 0.5) is 0 Å². The second-order valence-electron chi connectivity index (χ2n) is 4.26. The molecule has 3 heteroatoms. The zero-order valence-corrected chi connectivity index (χ0v) is 9.06. The Bertz CT molecular complexity index is 265. The summed E-state index contributed by atoms with van der Waals surface area (Å²) in [6, 6.07) is 2.66. The van der Waals surface area contributed by atoms with E-state index in [9.17, 15) is 0 Å². The van der Waals surface area contributed by atoms with Crippen LogP contribution in [0.5, 0.6) is 0 Å². The number of nitrogens with zero attached hydrogens (tertiary/aromatic N) is 1. The number of hydrogen-bond acceptors (Lipinski definition) is 3. The highest BCUT2D eigenvalue weighted by molar-refractivity contribution is 5.05. The molecule has 1 aliphatic rings. The van der Waals surface area contributed by atoms with Gasteiger partial charge in [0.1, 0.15) is 0 Å². The van der Waals surface area contributed by atoms with Crippen LogP contribution in [-0.2, 0) is 6.54 Å². The molecular weight excluding hydrogens is 190 g/mol. The zero-order chi connectivity index (χ0) is 10.5. The van der Waals surface area contributed by atoms with Crippen LogP contribution in [0.25, 0.3) is 0 Å². The van der Waals surface area contributed by atoms with E-state index in [0.717, 1.165) is 13.1 Å². The molecule has 15 heavy (non-hydrogen) atoms. The molecule has 1 aromatic rings. The first kappa shape index (κ1) is 10.7. The van der Waals surface area contributed by atoms with Crippen molar-refractivity contribution < 1.29 is 9.52 Å². The van der Waals surface area contributed by atoms with Crippen LogP contribution in [-0.4, -0.2) is 29.2 Å². The van der Waals surface area contributed by atoms with Gasteiger partial charge in [0.2, 0.25) is 0 Å². The summed E-state index contributed by atoms with van der Waals surface area (Å²) in [5.74, 6) is 0.